The molecule has 0 aromatic carbocycles. The zero-order chi connectivity index (χ0) is 6.41. The third-order valence-corrected chi connectivity index (χ3v) is 1.09. The van der Waals surface area contributed by atoms with E-state index in [-0.39, 0.29) is 17.0 Å². The normalized spacial score (nSPS) is 9.11. The summed E-state index contributed by atoms with van der Waals surface area (Å²) in [6.07, 6.45) is 2.73. The summed E-state index contributed by atoms with van der Waals surface area (Å²) in [6.45, 7) is 5.99. The standard InChI is InChI=1S/C6H13NO.BrH/c1-3-7(4-2)5-6-8;/h5-6,8H,3-4H2,1-2H3;1H. The van der Waals surface area contributed by atoms with Crippen LogP contribution in [0.5, 0.6) is 0 Å². The van der Waals surface area contributed by atoms with Crippen molar-refractivity contribution in [1.82, 2.24) is 4.90 Å². The summed E-state index contributed by atoms with van der Waals surface area (Å²) in [6, 6.07) is 0. The number of hydrogen-bond acceptors (Lipinski definition) is 2. The molecule has 0 aliphatic heterocycles. The Hall–Kier alpha value is -0.180. The van der Waals surface area contributed by atoms with Gasteiger partial charge in [0.15, 0.2) is 0 Å². The second-order valence-corrected chi connectivity index (χ2v) is 1.52. The van der Waals surface area contributed by atoms with Gasteiger partial charge in [-0.1, -0.05) is 0 Å². The van der Waals surface area contributed by atoms with E-state index in [0.717, 1.165) is 19.4 Å². The van der Waals surface area contributed by atoms with Crippen molar-refractivity contribution >= 4 is 17.0 Å². The van der Waals surface area contributed by atoms with Crippen LogP contribution in [-0.4, -0.2) is 23.1 Å². The van der Waals surface area contributed by atoms with Gasteiger partial charge in [0.1, 0.15) is 0 Å². The monoisotopic (exact) mass is 195 g/mol. The Kier molecular flexibility index (Phi) is 10.1. The van der Waals surface area contributed by atoms with Crippen LogP contribution in [0.2, 0.25) is 0 Å². The Morgan fingerprint density at radius 3 is 1.89 bits per heavy atom. The molecule has 0 atom stereocenters. The van der Waals surface area contributed by atoms with Crippen molar-refractivity contribution in [3.05, 3.63) is 12.5 Å². The van der Waals surface area contributed by atoms with Gasteiger partial charge in [0, 0.05) is 19.3 Å². The van der Waals surface area contributed by atoms with Crippen LogP contribution >= 0.6 is 17.0 Å². The van der Waals surface area contributed by atoms with Crippen molar-refractivity contribution in [2.75, 3.05) is 13.1 Å². The maximum atomic E-state index is 8.28. The highest BCUT2D eigenvalue weighted by molar-refractivity contribution is 8.93. The van der Waals surface area contributed by atoms with Gasteiger partial charge in [-0.15, -0.1) is 17.0 Å². The minimum Gasteiger partial charge on any atom is -0.514 e. The van der Waals surface area contributed by atoms with Crippen LogP contribution in [0, 0.1) is 0 Å². The number of hydrogen-bond donors (Lipinski definition) is 1. The summed E-state index contributed by atoms with van der Waals surface area (Å²) >= 11 is 0. The number of aliphatic hydroxyl groups is 1. The number of aliphatic hydroxyl groups excluding tert-OH is 1. The molecule has 0 saturated carbocycles. The number of nitrogens with zero attached hydrogens (tertiary/aromatic N) is 1. The molecule has 0 fully saturated rings. The summed E-state index contributed by atoms with van der Waals surface area (Å²) < 4.78 is 0. The van der Waals surface area contributed by atoms with Crippen molar-refractivity contribution in [1.29, 1.82) is 0 Å². The van der Waals surface area contributed by atoms with Gasteiger partial charge in [-0.2, -0.15) is 0 Å². The zero-order valence-corrected chi connectivity index (χ0v) is 7.58. The molecule has 0 saturated heterocycles. The zero-order valence-electron chi connectivity index (χ0n) is 5.87. The van der Waals surface area contributed by atoms with Crippen LogP contribution in [-0.2, 0) is 0 Å². The van der Waals surface area contributed by atoms with E-state index >= 15 is 0 Å². The highest BCUT2D eigenvalue weighted by Crippen LogP contribution is 1.84. The van der Waals surface area contributed by atoms with Gasteiger partial charge in [-0.3, -0.25) is 0 Å². The second kappa shape index (κ2) is 7.82. The van der Waals surface area contributed by atoms with E-state index in [4.69, 9.17) is 5.11 Å². The molecule has 0 unspecified atom stereocenters. The molecule has 0 radical (unpaired) electrons. The molecule has 0 aliphatic rings. The lowest BCUT2D eigenvalue weighted by molar-refractivity contribution is 0.388. The second-order valence-electron chi connectivity index (χ2n) is 1.52. The molecule has 3 heteroatoms. The van der Waals surface area contributed by atoms with E-state index in [9.17, 15) is 0 Å². The maximum Gasteiger partial charge on any atom is 0.0950 e. The summed E-state index contributed by atoms with van der Waals surface area (Å²) in [4.78, 5) is 2.00. The van der Waals surface area contributed by atoms with Crippen LogP contribution in [0.4, 0.5) is 0 Å². The highest BCUT2D eigenvalue weighted by atomic mass is 79.9. The van der Waals surface area contributed by atoms with Crippen molar-refractivity contribution in [3.8, 4) is 0 Å². The van der Waals surface area contributed by atoms with Gasteiger partial charge in [-0.25, -0.2) is 0 Å². The first-order valence-electron chi connectivity index (χ1n) is 2.90. The Morgan fingerprint density at radius 2 is 1.78 bits per heavy atom. The topological polar surface area (TPSA) is 23.5 Å². The van der Waals surface area contributed by atoms with Gasteiger partial charge in [0.2, 0.25) is 0 Å². The quantitative estimate of drug-likeness (QED) is 0.697. The maximum absolute atomic E-state index is 8.28. The number of rotatable bonds is 3. The summed E-state index contributed by atoms with van der Waals surface area (Å²) in [5.74, 6) is 0. The Morgan fingerprint density at radius 1 is 1.33 bits per heavy atom. The molecular formula is C6H14BrNO. The molecule has 0 amide bonds. The molecule has 1 N–H and O–H groups in total. The average molecular weight is 196 g/mol. The van der Waals surface area contributed by atoms with E-state index < -0.39 is 0 Å². The van der Waals surface area contributed by atoms with E-state index in [1.54, 1.807) is 6.20 Å². The van der Waals surface area contributed by atoms with E-state index in [1.807, 2.05) is 18.7 Å². The molecule has 0 aliphatic carbocycles. The van der Waals surface area contributed by atoms with Crippen LogP contribution in [0.25, 0.3) is 0 Å². The SMILES string of the molecule is Br.CCN(C=CO)CC. The fraction of sp³-hybridized carbons (Fsp3) is 0.667. The van der Waals surface area contributed by atoms with Gasteiger partial charge >= 0.3 is 0 Å². The molecule has 0 spiro atoms. The molecule has 0 heterocycles. The molecule has 9 heavy (non-hydrogen) atoms. The Balaban J connectivity index is 0. The van der Waals surface area contributed by atoms with Gasteiger partial charge in [0.05, 0.1) is 6.26 Å². The first-order chi connectivity index (χ1) is 3.85. The van der Waals surface area contributed by atoms with Crippen LogP contribution in [0.3, 0.4) is 0 Å². The van der Waals surface area contributed by atoms with E-state index in [2.05, 4.69) is 0 Å². The predicted octanol–water partition coefficient (Wildman–Crippen LogP) is 1.94. The van der Waals surface area contributed by atoms with Crippen molar-refractivity contribution < 1.29 is 5.11 Å². The summed E-state index contributed by atoms with van der Waals surface area (Å²) in [5, 5.41) is 8.28. The van der Waals surface area contributed by atoms with Gasteiger partial charge in [-0.05, 0) is 13.8 Å². The van der Waals surface area contributed by atoms with Crippen molar-refractivity contribution in [2.45, 2.75) is 13.8 Å². The molecule has 0 aromatic rings. The minimum atomic E-state index is 0. The molecule has 2 nitrogen and oxygen atoms in total. The van der Waals surface area contributed by atoms with Gasteiger partial charge < -0.3 is 10.0 Å². The third kappa shape index (κ3) is 5.69. The predicted molar refractivity (Wildman–Crippen MR) is 45.0 cm³/mol. The molecule has 0 bridgehead atoms. The molecule has 0 aromatic heterocycles. The molecular weight excluding hydrogens is 182 g/mol. The van der Waals surface area contributed by atoms with Crippen LogP contribution in [0.15, 0.2) is 12.5 Å². The van der Waals surface area contributed by atoms with Crippen LogP contribution in [0.1, 0.15) is 13.8 Å². The van der Waals surface area contributed by atoms with Crippen molar-refractivity contribution in [2.24, 2.45) is 0 Å². The lowest BCUT2D eigenvalue weighted by Crippen LogP contribution is -2.14. The fourth-order valence-corrected chi connectivity index (χ4v) is 0.529. The molecule has 0 rings (SSSR count). The average Bonchev–Trinajstić information content (AvgIpc) is 1.83. The number of halogens is 1. The minimum absolute atomic E-state index is 0. The van der Waals surface area contributed by atoms with E-state index in [0.29, 0.717) is 0 Å². The first kappa shape index (κ1) is 11.6. The summed E-state index contributed by atoms with van der Waals surface area (Å²) in [7, 11) is 0. The Labute approximate surface area is 66.9 Å². The lowest BCUT2D eigenvalue weighted by atomic mass is 10.5. The molecule has 56 valence electrons. The third-order valence-electron chi connectivity index (χ3n) is 1.09. The lowest BCUT2D eigenvalue weighted by Gasteiger charge is -2.12. The smallest absolute Gasteiger partial charge is 0.0950 e. The fourth-order valence-electron chi connectivity index (χ4n) is 0.529. The largest absolute Gasteiger partial charge is 0.514 e. The summed E-state index contributed by atoms with van der Waals surface area (Å²) in [5.41, 5.74) is 0. The Bertz CT molecular complexity index is 71.5. The van der Waals surface area contributed by atoms with Crippen LogP contribution < -0.4 is 0 Å². The first-order valence-corrected chi connectivity index (χ1v) is 2.90. The van der Waals surface area contributed by atoms with Gasteiger partial charge in [0.25, 0.3) is 0 Å². The van der Waals surface area contributed by atoms with Crippen molar-refractivity contribution in [3.63, 3.8) is 0 Å². The van der Waals surface area contributed by atoms with E-state index in [1.165, 1.54) is 0 Å². The highest BCUT2D eigenvalue weighted by Gasteiger charge is 1.85.